The number of hydrogen-bond acceptors (Lipinski definition) is 3. The van der Waals surface area contributed by atoms with E-state index >= 15 is 0 Å². The van der Waals surface area contributed by atoms with E-state index in [0.717, 1.165) is 18.4 Å². The Kier molecular flexibility index (Phi) is 7.14. The first-order chi connectivity index (χ1) is 9.83. The van der Waals surface area contributed by atoms with Gasteiger partial charge in [0.15, 0.2) is 0 Å². The molecule has 5 nitrogen and oxygen atoms in total. The van der Waals surface area contributed by atoms with Crippen molar-refractivity contribution in [1.82, 2.24) is 4.72 Å². The highest BCUT2D eigenvalue weighted by Gasteiger charge is 2.16. The van der Waals surface area contributed by atoms with Crippen LogP contribution in [0.4, 0.5) is 0 Å². The largest absolute Gasteiger partial charge is 0.481 e. The molecule has 0 aromatic heterocycles. The smallest absolute Gasteiger partial charge is 0.303 e. The number of aryl methyl sites for hydroxylation is 1. The number of carbonyl (C=O) groups is 1. The number of carboxylic acid groups (broad SMARTS) is 1. The summed E-state index contributed by atoms with van der Waals surface area (Å²) in [5.41, 5.74) is 0.900. The monoisotopic (exact) mass is 333 g/mol. The van der Waals surface area contributed by atoms with Gasteiger partial charge >= 0.3 is 5.97 Å². The summed E-state index contributed by atoms with van der Waals surface area (Å²) >= 11 is 5.95. The highest BCUT2D eigenvalue weighted by molar-refractivity contribution is 7.89. The molecule has 1 aromatic carbocycles. The quantitative estimate of drug-likeness (QED) is 0.680. The Bertz CT molecular complexity index is 587. The Morgan fingerprint density at radius 2 is 1.90 bits per heavy atom. The summed E-state index contributed by atoms with van der Waals surface area (Å²) in [5, 5.41) is 8.70. The van der Waals surface area contributed by atoms with E-state index in [1.165, 1.54) is 6.07 Å². The molecular weight excluding hydrogens is 314 g/mol. The number of sulfonamides is 1. The van der Waals surface area contributed by atoms with E-state index < -0.39 is 16.0 Å². The van der Waals surface area contributed by atoms with Crippen LogP contribution in [0.25, 0.3) is 0 Å². The molecule has 0 heterocycles. The van der Waals surface area contributed by atoms with E-state index in [9.17, 15) is 13.2 Å². The SMILES string of the molecule is Cc1ccc(S(=O)(=O)NCCCCCCC(=O)O)c(Cl)c1. The Morgan fingerprint density at radius 3 is 2.52 bits per heavy atom. The maximum absolute atomic E-state index is 12.1. The summed E-state index contributed by atoms with van der Waals surface area (Å²) in [7, 11) is -3.59. The summed E-state index contributed by atoms with van der Waals surface area (Å²) in [5.74, 6) is -0.801. The van der Waals surface area contributed by atoms with Crippen molar-refractivity contribution >= 4 is 27.6 Å². The van der Waals surface area contributed by atoms with Crippen LogP contribution in [0.5, 0.6) is 0 Å². The third-order valence-corrected chi connectivity index (χ3v) is 4.93. The van der Waals surface area contributed by atoms with Gasteiger partial charge in [0.25, 0.3) is 0 Å². The van der Waals surface area contributed by atoms with Crippen molar-refractivity contribution in [3.05, 3.63) is 28.8 Å². The fourth-order valence-corrected chi connectivity index (χ4v) is 3.53. The lowest BCUT2D eigenvalue weighted by Gasteiger charge is -2.08. The van der Waals surface area contributed by atoms with Gasteiger partial charge in [-0.1, -0.05) is 30.5 Å². The van der Waals surface area contributed by atoms with Crippen LogP contribution in [0.2, 0.25) is 5.02 Å². The number of nitrogens with one attached hydrogen (secondary N) is 1. The van der Waals surface area contributed by atoms with Gasteiger partial charge in [0.05, 0.1) is 5.02 Å². The van der Waals surface area contributed by atoms with Crippen molar-refractivity contribution in [2.24, 2.45) is 0 Å². The maximum atomic E-state index is 12.1. The lowest BCUT2D eigenvalue weighted by atomic mass is 10.1. The zero-order valence-corrected chi connectivity index (χ0v) is 13.5. The molecule has 0 amide bonds. The molecule has 118 valence electrons. The first kappa shape index (κ1) is 17.9. The molecule has 2 N–H and O–H groups in total. The van der Waals surface area contributed by atoms with Gasteiger partial charge in [0, 0.05) is 13.0 Å². The standard InChI is InChI=1S/C14H20ClNO4S/c1-11-7-8-13(12(15)10-11)21(19,20)16-9-5-3-2-4-6-14(17)18/h7-8,10,16H,2-6,9H2,1H3,(H,17,18). The number of hydrogen-bond donors (Lipinski definition) is 2. The van der Waals surface area contributed by atoms with E-state index in [2.05, 4.69) is 4.72 Å². The van der Waals surface area contributed by atoms with Crippen LogP contribution in [0.15, 0.2) is 23.1 Å². The molecule has 0 aliphatic carbocycles. The molecule has 0 aliphatic heterocycles. The van der Waals surface area contributed by atoms with Gasteiger partial charge in [-0.2, -0.15) is 0 Å². The minimum Gasteiger partial charge on any atom is -0.481 e. The van der Waals surface area contributed by atoms with Crippen LogP contribution in [0.1, 0.15) is 37.7 Å². The molecule has 21 heavy (non-hydrogen) atoms. The summed E-state index contributed by atoms with van der Waals surface area (Å²) in [6.45, 7) is 2.16. The topological polar surface area (TPSA) is 83.5 Å². The number of aliphatic carboxylic acids is 1. The lowest BCUT2D eigenvalue weighted by molar-refractivity contribution is -0.137. The number of rotatable bonds is 9. The second kappa shape index (κ2) is 8.36. The van der Waals surface area contributed by atoms with E-state index in [1.807, 2.05) is 6.92 Å². The zero-order chi connectivity index (χ0) is 15.9. The van der Waals surface area contributed by atoms with Gasteiger partial charge in [-0.3, -0.25) is 4.79 Å². The fraction of sp³-hybridized carbons (Fsp3) is 0.500. The summed E-state index contributed by atoms with van der Waals surface area (Å²) < 4.78 is 26.6. The molecule has 0 aliphatic rings. The van der Waals surface area contributed by atoms with Gasteiger partial charge in [-0.25, -0.2) is 13.1 Å². The van der Waals surface area contributed by atoms with Crippen molar-refractivity contribution in [1.29, 1.82) is 0 Å². The molecule has 0 unspecified atom stereocenters. The Balaban J connectivity index is 2.38. The van der Waals surface area contributed by atoms with E-state index in [4.69, 9.17) is 16.7 Å². The molecule has 0 fully saturated rings. The van der Waals surface area contributed by atoms with Crippen LogP contribution in [-0.4, -0.2) is 26.0 Å². The second-order valence-corrected chi connectivity index (χ2v) is 7.03. The van der Waals surface area contributed by atoms with Crippen LogP contribution < -0.4 is 4.72 Å². The molecule has 0 saturated heterocycles. The third kappa shape index (κ3) is 6.46. The summed E-state index contributed by atoms with van der Waals surface area (Å²) in [6, 6.07) is 4.81. The minimum absolute atomic E-state index is 0.0839. The zero-order valence-electron chi connectivity index (χ0n) is 11.9. The van der Waals surface area contributed by atoms with Gasteiger partial charge < -0.3 is 5.11 Å². The molecule has 0 saturated carbocycles. The Morgan fingerprint density at radius 1 is 1.24 bits per heavy atom. The van der Waals surface area contributed by atoms with E-state index in [1.54, 1.807) is 12.1 Å². The van der Waals surface area contributed by atoms with Gasteiger partial charge in [0.2, 0.25) is 10.0 Å². The normalized spacial score (nSPS) is 11.5. The Hall–Kier alpha value is -1.11. The van der Waals surface area contributed by atoms with Crippen LogP contribution >= 0.6 is 11.6 Å². The first-order valence-electron chi connectivity index (χ1n) is 6.80. The molecule has 0 bridgehead atoms. The predicted molar refractivity (Wildman–Crippen MR) is 82.1 cm³/mol. The van der Waals surface area contributed by atoms with E-state index in [-0.39, 0.29) is 16.3 Å². The molecule has 0 spiro atoms. The van der Waals surface area contributed by atoms with Crippen molar-refractivity contribution in [2.45, 2.75) is 43.9 Å². The van der Waals surface area contributed by atoms with Crippen LogP contribution in [-0.2, 0) is 14.8 Å². The van der Waals surface area contributed by atoms with Crippen molar-refractivity contribution in [2.75, 3.05) is 6.54 Å². The number of benzene rings is 1. The van der Waals surface area contributed by atoms with Crippen LogP contribution in [0, 0.1) is 6.92 Å². The molecule has 0 atom stereocenters. The van der Waals surface area contributed by atoms with Gasteiger partial charge in [-0.05, 0) is 37.5 Å². The lowest BCUT2D eigenvalue weighted by Crippen LogP contribution is -2.25. The third-order valence-electron chi connectivity index (χ3n) is 2.99. The highest BCUT2D eigenvalue weighted by atomic mass is 35.5. The summed E-state index contributed by atoms with van der Waals surface area (Å²) in [4.78, 5) is 10.4. The Labute approximate surface area is 130 Å². The molecule has 1 aromatic rings. The predicted octanol–water partition coefficient (Wildman–Crippen LogP) is 2.96. The average molecular weight is 334 g/mol. The first-order valence-corrected chi connectivity index (χ1v) is 8.66. The number of unbranched alkanes of at least 4 members (excludes halogenated alkanes) is 3. The van der Waals surface area contributed by atoms with Crippen molar-refractivity contribution < 1.29 is 18.3 Å². The maximum Gasteiger partial charge on any atom is 0.303 e. The van der Waals surface area contributed by atoms with Crippen molar-refractivity contribution in [3.8, 4) is 0 Å². The molecule has 0 radical (unpaired) electrons. The van der Waals surface area contributed by atoms with E-state index in [0.29, 0.717) is 19.4 Å². The van der Waals surface area contributed by atoms with Gasteiger partial charge in [-0.15, -0.1) is 0 Å². The molecule has 1 rings (SSSR count). The van der Waals surface area contributed by atoms with Gasteiger partial charge in [0.1, 0.15) is 4.90 Å². The number of halogens is 1. The van der Waals surface area contributed by atoms with Crippen molar-refractivity contribution in [3.63, 3.8) is 0 Å². The number of carboxylic acids is 1. The average Bonchev–Trinajstić information content (AvgIpc) is 2.36. The summed E-state index contributed by atoms with van der Waals surface area (Å²) in [6.07, 6.45) is 3.01. The fourth-order valence-electron chi connectivity index (χ4n) is 1.86. The second-order valence-electron chi connectivity index (χ2n) is 4.89. The molecular formula is C14H20ClNO4S. The minimum atomic E-state index is -3.59. The molecule has 7 heteroatoms. The highest BCUT2D eigenvalue weighted by Crippen LogP contribution is 2.22. The van der Waals surface area contributed by atoms with Crippen LogP contribution in [0.3, 0.4) is 0 Å².